The molecule has 172 valence electrons. The average Bonchev–Trinajstić information content (AvgIpc) is 2.77. The summed E-state index contributed by atoms with van der Waals surface area (Å²) in [7, 11) is 1.79. The average molecular weight is 432 g/mol. The molecule has 0 aliphatic carbocycles. The van der Waals surface area contributed by atoms with E-state index in [1.165, 1.54) is 11.1 Å². The molecule has 2 aliphatic heterocycles. The van der Waals surface area contributed by atoms with Crippen LogP contribution in [0.15, 0.2) is 29.3 Å². The summed E-state index contributed by atoms with van der Waals surface area (Å²) in [4.78, 5) is 20.4. The Labute approximate surface area is 186 Å². The highest BCUT2D eigenvalue weighted by Gasteiger charge is 2.24. The Morgan fingerprint density at radius 1 is 1.26 bits per heavy atom. The van der Waals surface area contributed by atoms with Gasteiger partial charge in [-0.1, -0.05) is 24.3 Å². The third-order valence-corrected chi connectivity index (χ3v) is 5.77. The van der Waals surface area contributed by atoms with Crippen molar-refractivity contribution < 1.29 is 14.3 Å². The molecule has 1 aromatic rings. The van der Waals surface area contributed by atoms with Crippen LogP contribution in [0.5, 0.6) is 0 Å². The number of carbonyl (C=O) groups excluding carboxylic acids is 1. The number of benzene rings is 1. The fourth-order valence-electron chi connectivity index (χ4n) is 4.13. The van der Waals surface area contributed by atoms with Crippen molar-refractivity contribution >= 4 is 12.1 Å². The predicted octanol–water partition coefficient (Wildman–Crippen LogP) is 2.19. The van der Waals surface area contributed by atoms with E-state index >= 15 is 0 Å². The fraction of sp³-hybridized carbons (Fsp3) is 0.652. The highest BCUT2D eigenvalue weighted by molar-refractivity contribution is 5.80. The van der Waals surface area contributed by atoms with Gasteiger partial charge in [0.15, 0.2) is 5.96 Å². The molecule has 1 aromatic carbocycles. The number of nitrogens with one attached hydrogen (secondary N) is 2. The lowest BCUT2D eigenvalue weighted by molar-refractivity contribution is -0.0212. The number of carbonyl (C=O) groups is 1. The molecule has 0 aromatic heterocycles. The Morgan fingerprint density at radius 2 is 2.03 bits per heavy atom. The van der Waals surface area contributed by atoms with Crippen LogP contribution < -0.4 is 10.6 Å². The van der Waals surface area contributed by atoms with Gasteiger partial charge in [-0.2, -0.15) is 0 Å². The summed E-state index contributed by atoms with van der Waals surface area (Å²) in [6.45, 7) is 10.2. The van der Waals surface area contributed by atoms with E-state index in [9.17, 15) is 4.79 Å². The van der Waals surface area contributed by atoms with E-state index in [-0.39, 0.29) is 6.09 Å². The normalized spacial score (nSPS) is 21.1. The Morgan fingerprint density at radius 3 is 2.74 bits per heavy atom. The largest absolute Gasteiger partial charge is 0.450 e. The topological polar surface area (TPSA) is 78.4 Å². The maximum atomic E-state index is 11.8. The van der Waals surface area contributed by atoms with E-state index in [4.69, 9.17) is 9.47 Å². The van der Waals surface area contributed by atoms with Gasteiger partial charge in [0.2, 0.25) is 0 Å². The van der Waals surface area contributed by atoms with Crippen molar-refractivity contribution in [3.63, 3.8) is 0 Å². The maximum Gasteiger partial charge on any atom is 0.409 e. The zero-order valence-electron chi connectivity index (χ0n) is 19.1. The predicted molar refractivity (Wildman–Crippen MR) is 122 cm³/mol. The van der Waals surface area contributed by atoms with E-state index in [2.05, 4.69) is 51.7 Å². The number of ether oxygens (including phenoxy) is 2. The molecule has 1 unspecified atom stereocenters. The van der Waals surface area contributed by atoms with Crippen molar-refractivity contribution in [1.82, 2.24) is 20.4 Å². The molecule has 2 fully saturated rings. The fourth-order valence-corrected chi connectivity index (χ4v) is 4.13. The smallest absolute Gasteiger partial charge is 0.409 e. The quantitative estimate of drug-likeness (QED) is 0.531. The van der Waals surface area contributed by atoms with Gasteiger partial charge in [0, 0.05) is 52.4 Å². The Balaban J connectivity index is 1.44. The van der Waals surface area contributed by atoms with E-state index in [0.717, 1.165) is 45.0 Å². The summed E-state index contributed by atoms with van der Waals surface area (Å²) in [5.41, 5.74) is 2.56. The Bertz CT molecular complexity index is 734. The van der Waals surface area contributed by atoms with Crippen LogP contribution in [0.1, 0.15) is 37.8 Å². The van der Waals surface area contributed by atoms with Gasteiger partial charge in [-0.3, -0.25) is 9.89 Å². The number of hydrogen-bond acceptors (Lipinski definition) is 5. The van der Waals surface area contributed by atoms with Crippen LogP contribution >= 0.6 is 0 Å². The SMILES string of the molecule is CCOC(=O)N1CCC(NC(=NC)NCc2cccc(CN3CCOC(C)C3)c2)CC1. The van der Waals surface area contributed by atoms with E-state index in [0.29, 0.717) is 38.4 Å². The van der Waals surface area contributed by atoms with Gasteiger partial charge in [0.1, 0.15) is 0 Å². The third kappa shape index (κ3) is 7.40. The first kappa shape index (κ1) is 23.3. The minimum absolute atomic E-state index is 0.213. The first-order chi connectivity index (χ1) is 15.1. The number of piperidine rings is 1. The van der Waals surface area contributed by atoms with Crippen molar-refractivity contribution in [3.8, 4) is 0 Å². The van der Waals surface area contributed by atoms with Crippen LogP contribution in [-0.2, 0) is 22.6 Å². The summed E-state index contributed by atoms with van der Waals surface area (Å²) in [6.07, 6.45) is 1.85. The number of hydrogen-bond donors (Lipinski definition) is 2. The molecule has 0 saturated carbocycles. The van der Waals surface area contributed by atoms with Crippen molar-refractivity contribution in [1.29, 1.82) is 0 Å². The molecule has 0 radical (unpaired) electrons. The lowest BCUT2D eigenvalue weighted by atomic mass is 10.1. The lowest BCUT2D eigenvalue weighted by Gasteiger charge is -2.32. The summed E-state index contributed by atoms with van der Waals surface area (Å²) < 4.78 is 10.7. The van der Waals surface area contributed by atoms with Gasteiger partial charge in [-0.15, -0.1) is 0 Å². The van der Waals surface area contributed by atoms with Crippen molar-refractivity contribution in [2.45, 2.75) is 51.9 Å². The monoisotopic (exact) mass is 431 g/mol. The van der Waals surface area contributed by atoms with Gasteiger partial charge in [0.05, 0.1) is 19.3 Å². The molecule has 1 amide bonds. The van der Waals surface area contributed by atoms with E-state index in [1.54, 1.807) is 11.9 Å². The van der Waals surface area contributed by atoms with Crippen LogP contribution in [-0.4, -0.2) is 80.4 Å². The summed E-state index contributed by atoms with van der Waals surface area (Å²) in [5, 5.41) is 6.92. The molecular formula is C23H37N5O3. The van der Waals surface area contributed by atoms with Crippen LogP contribution in [0.2, 0.25) is 0 Å². The van der Waals surface area contributed by atoms with E-state index in [1.807, 2.05) is 6.92 Å². The van der Waals surface area contributed by atoms with Crippen LogP contribution in [0.25, 0.3) is 0 Å². The van der Waals surface area contributed by atoms with Gasteiger partial charge >= 0.3 is 6.09 Å². The van der Waals surface area contributed by atoms with Crippen molar-refractivity contribution in [2.24, 2.45) is 4.99 Å². The zero-order chi connectivity index (χ0) is 22.1. The van der Waals surface area contributed by atoms with Crippen molar-refractivity contribution in [3.05, 3.63) is 35.4 Å². The molecule has 0 spiro atoms. The Hall–Kier alpha value is -2.32. The summed E-state index contributed by atoms with van der Waals surface area (Å²) in [6, 6.07) is 9.01. The minimum Gasteiger partial charge on any atom is -0.450 e. The molecular weight excluding hydrogens is 394 g/mol. The number of aliphatic imine (C=N–C) groups is 1. The number of amides is 1. The second-order valence-corrected chi connectivity index (χ2v) is 8.27. The maximum absolute atomic E-state index is 11.8. The Kier molecular flexibility index (Phi) is 8.97. The number of rotatable bonds is 6. The molecule has 31 heavy (non-hydrogen) atoms. The van der Waals surface area contributed by atoms with Crippen molar-refractivity contribution in [2.75, 3.05) is 46.4 Å². The molecule has 2 aliphatic rings. The molecule has 2 N–H and O–H groups in total. The number of likely N-dealkylation sites (tertiary alicyclic amines) is 1. The standard InChI is InChI=1S/C23H37N5O3/c1-4-30-23(29)28-10-8-21(9-11-28)26-22(24-3)25-15-19-6-5-7-20(14-19)17-27-12-13-31-18(2)16-27/h5-7,14,18,21H,4,8-13,15-17H2,1-3H3,(H2,24,25,26). The van der Waals surface area contributed by atoms with Gasteiger partial charge < -0.3 is 25.0 Å². The second kappa shape index (κ2) is 11.9. The second-order valence-electron chi connectivity index (χ2n) is 8.27. The van der Waals surface area contributed by atoms with Crippen LogP contribution in [0.4, 0.5) is 4.79 Å². The van der Waals surface area contributed by atoms with Crippen LogP contribution in [0.3, 0.4) is 0 Å². The lowest BCUT2D eigenvalue weighted by Crippen LogP contribution is -2.49. The van der Waals surface area contributed by atoms with Gasteiger partial charge in [-0.05, 0) is 37.8 Å². The number of nitrogens with zero attached hydrogens (tertiary/aromatic N) is 3. The highest BCUT2D eigenvalue weighted by Crippen LogP contribution is 2.13. The minimum atomic E-state index is -0.213. The van der Waals surface area contributed by atoms with Gasteiger partial charge in [0.25, 0.3) is 0 Å². The first-order valence-electron chi connectivity index (χ1n) is 11.4. The molecule has 8 nitrogen and oxygen atoms in total. The highest BCUT2D eigenvalue weighted by atomic mass is 16.6. The molecule has 3 rings (SSSR count). The molecule has 2 saturated heterocycles. The number of morpholine rings is 1. The molecule has 0 bridgehead atoms. The first-order valence-corrected chi connectivity index (χ1v) is 11.4. The summed E-state index contributed by atoms with van der Waals surface area (Å²) >= 11 is 0. The molecule has 8 heteroatoms. The molecule has 2 heterocycles. The molecule has 1 atom stereocenters. The van der Waals surface area contributed by atoms with E-state index < -0.39 is 0 Å². The van der Waals surface area contributed by atoms with Gasteiger partial charge in [-0.25, -0.2) is 4.79 Å². The third-order valence-electron chi connectivity index (χ3n) is 5.77. The summed E-state index contributed by atoms with van der Waals surface area (Å²) in [5.74, 6) is 0.794. The van der Waals surface area contributed by atoms with Crippen LogP contribution in [0, 0.1) is 0 Å². The zero-order valence-corrected chi connectivity index (χ0v) is 19.1. The number of guanidine groups is 1.